The second-order valence-corrected chi connectivity index (χ2v) is 11.9. The Balaban J connectivity index is 1.54. The van der Waals surface area contributed by atoms with Crippen molar-refractivity contribution in [2.45, 2.75) is 68.3 Å². The van der Waals surface area contributed by atoms with Gasteiger partial charge in [-0.3, -0.25) is 14.4 Å². The third kappa shape index (κ3) is 3.24. The summed E-state index contributed by atoms with van der Waals surface area (Å²) < 4.78 is 21.8. The third-order valence-corrected chi connectivity index (χ3v) is 11.2. The van der Waals surface area contributed by atoms with E-state index in [9.17, 15) is 24.6 Å². The van der Waals surface area contributed by atoms with Crippen LogP contribution in [-0.2, 0) is 23.8 Å². The van der Waals surface area contributed by atoms with Crippen molar-refractivity contribution in [3.8, 4) is 0 Å². The molecule has 10 heteroatoms. The lowest BCUT2D eigenvalue weighted by Gasteiger charge is -2.52. The monoisotopic (exact) mass is 494 g/mol. The molecule has 6 unspecified atom stereocenters. The highest BCUT2D eigenvalue weighted by atomic mass is 31.1. The first kappa shape index (κ1) is 23.9. The fourth-order valence-electron chi connectivity index (χ4n) is 7.11. The summed E-state index contributed by atoms with van der Waals surface area (Å²) in [7, 11) is 1.50. The fourth-order valence-corrected chi connectivity index (χ4v) is 9.51. The number of aliphatic hydroxyl groups is 2. The smallest absolute Gasteiger partial charge is 0.313 e. The molecular weight excluding hydrogens is 463 g/mol. The number of cyclic esters (lactones) is 1. The average Bonchev–Trinajstić information content (AvgIpc) is 3.13. The minimum atomic E-state index is -1.14. The Morgan fingerprint density at radius 2 is 2.09 bits per heavy atom. The van der Waals surface area contributed by atoms with Gasteiger partial charge in [-0.05, 0) is 31.7 Å². The Kier molecular flexibility index (Phi) is 5.91. The van der Waals surface area contributed by atoms with Gasteiger partial charge in [-0.25, -0.2) is 0 Å². The van der Waals surface area contributed by atoms with Crippen LogP contribution in [0.1, 0.15) is 43.5 Å². The molecule has 4 aliphatic rings. The lowest BCUT2D eigenvalue weighted by Crippen LogP contribution is -2.62. The predicted molar refractivity (Wildman–Crippen MR) is 120 cm³/mol. The highest BCUT2D eigenvalue weighted by molar-refractivity contribution is 7.52. The highest BCUT2D eigenvalue weighted by Gasteiger charge is 2.79. The number of Topliss-reactive ketones (excluding diaryl/α,β-unsaturated/α-hetero) is 1. The molecule has 1 aromatic heterocycles. The molecule has 186 valence electrons. The molecule has 11 atom stereocenters. The summed E-state index contributed by atoms with van der Waals surface area (Å²) >= 11 is 0. The fraction of sp³-hybridized carbons (Fsp3) is 0.708. The number of fused-ring (bicyclic) bond motifs is 2. The van der Waals surface area contributed by atoms with Crippen LogP contribution in [0.15, 0.2) is 23.0 Å². The van der Waals surface area contributed by atoms with Crippen LogP contribution in [0.25, 0.3) is 0 Å². The minimum absolute atomic E-state index is 0.0290. The van der Waals surface area contributed by atoms with Gasteiger partial charge >= 0.3 is 11.9 Å². The van der Waals surface area contributed by atoms with E-state index < -0.39 is 58.5 Å². The summed E-state index contributed by atoms with van der Waals surface area (Å²) in [5.74, 6) is -2.09. The van der Waals surface area contributed by atoms with Crippen molar-refractivity contribution in [1.29, 1.82) is 0 Å². The molecule has 5 rings (SSSR count). The minimum Gasteiger partial charge on any atom is -0.472 e. The Labute approximate surface area is 199 Å². The molecule has 9 nitrogen and oxygen atoms in total. The van der Waals surface area contributed by atoms with Crippen molar-refractivity contribution in [2.24, 2.45) is 23.2 Å². The van der Waals surface area contributed by atoms with Crippen molar-refractivity contribution in [3.63, 3.8) is 0 Å². The number of ether oxygens (including phenoxy) is 3. The van der Waals surface area contributed by atoms with Crippen LogP contribution in [0.4, 0.5) is 0 Å². The topological polar surface area (TPSA) is 132 Å². The molecule has 34 heavy (non-hydrogen) atoms. The van der Waals surface area contributed by atoms with E-state index in [4.69, 9.17) is 18.6 Å². The molecule has 4 heterocycles. The summed E-state index contributed by atoms with van der Waals surface area (Å²) in [6.07, 6.45) is 0.362. The molecule has 3 saturated heterocycles. The van der Waals surface area contributed by atoms with Gasteiger partial charge in [0.1, 0.15) is 12.4 Å². The molecule has 4 fully saturated rings. The molecule has 0 aromatic carbocycles. The van der Waals surface area contributed by atoms with Gasteiger partial charge in [-0.15, -0.1) is 0 Å². The Morgan fingerprint density at radius 1 is 1.32 bits per heavy atom. The van der Waals surface area contributed by atoms with Gasteiger partial charge in [0.05, 0.1) is 61.9 Å². The number of aliphatic hydroxyl groups excluding tert-OH is 2. The maximum Gasteiger partial charge on any atom is 0.313 e. The van der Waals surface area contributed by atoms with Crippen molar-refractivity contribution >= 4 is 26.3 Å². The lowest BCUT2D eigenvalue weighted by molar-refractivity contribution is -0.186. The zero-order valence-electron chi connectivity index (χ0n) is 19.4. The molecular formula is C24H31O9P. The number of methoxy groups -OCH3 is 1. The van der Waals surface area contributed by atoms with Crippen LogP contribution < -0.4 is 0 Å². The first-order valence-corrected chi connectivity index (χ1v) is 12.8. The van der Waals surface area contributed by atoms with Gasteiger partial charge in [0, 0.05) is 16.5 Å². The zero-order chi connectivity index (χ0) is 24.4. The summed E-state index contributed by atoms with van der Waals surface area (Å²) in [5, 5.41) is 21.5. The number of ketones is 1. The van der Waals surface area contributed by atoms with Crippen molar-refractivity contribution in [2.75, 3.05) is 13.7 Å². The van der Waals surface area contributed by atoms with Crippen LogP contribution in [0.3, 0.4) is 0 Å². The molecule has 1 aromatic rings. The van der Waals surface area contributed by atoms with Crippen LogP contribution in [0.5, 0.6) is 0 Å². The van der Waals surface area contributed by atoms with Gasteiger partial charge in [0.15, 0.2) is 5.78 Å². The maximum absolute atomic E-state index is 13.6. The van der Waals surface area contributed by atoms with E-state index in [0.29, 0.717) is 25.0 Å². The van der Waals surface area contributed by atoms with Gasteiger partial charge in [0.25, 0.3) is 0 Å². The molecule has 1 saturated carbocycles. The zero-order valence-corrected chi connectivity index (χ0v) is 20.4. The van der Waals surface area contributed by atoms with Crippen LogP contribution in [0.2, 0.25) is 0 Å². The molecule has 0 amide bonds. The molecule has 1 spiro atoms. The van der Waals surface area contributed by atoms with Crippen molar-refractivity contribution in [3.05, 3.63) is 24.2 Å². The number of hydrogen-bond acceptors (Lipinski definition) is 9. The highest BCUT2D eigenvalue weighted by Crippen LogP contribution is 2.79. The summed E-state index contributed by atoms with van der Waals surface area (Å²) in [4.78, 5) is 38.2. The molecule has 0 radical (unpaired) electrons. The summed E-state index contributed by atoms with van der Waals surface area (Å²) in [6, 6.07) is 1.63. The lowest BCUT2D eigenvalue weighted by atomic mass is 9.53. The summed E-state index contributed by atoms with van der Waals surface area (Å²) in [6.45, 7) is 4.05. The Hall–Kier alpha value is -1.80. The second-order valence-electron chi connectivity index (χ2n) is 10.2. The number of carbonyl (C=O) groups excluding carboxylic acids is 3. The SMILES string of the molecule is COC(=O)[C@H]1P[C@@]12[C@H](C(=O)c1ccoc1)CCC1CO[C@H]([C@H](O)C3C(O)CC(=O)OC3C)C12C. The number of furan rings is 1. The quantitative estimate of drug-likeness (QED) is 0.355. The van der Waals surface area contributed by atoms with Crippen LogP contribution in [0, 0.1) is 23.2 Å². The van der Waals surface area contributed by atoms with Gasteiger partial charge in [-0.2, -0.15) is 0 Å². The predicted octanol–water partition coefficient (Wildman–Crippen LogP) is 1.54. The Bertz CT molecular complexity index is 965. The molecule has 0 bridgehead atoms. The number of carbonyl (C=O) groups is 3. The van der Waals surface area contributed by atoms with E-state index in [0.717, 1.165) is 0 Å². The van der Waals surface area contributed by atoms with Crippen LogP contribution in [-0.4, -0.2) is 76.9 Å². The van der Waals surface area contributed by atoms with E-state index in [2.05, 4.69) is 0 Å². The van der Waals surface area contributed by atoms with Gasteiger partial charge in [0.2, 0.25) is 0 Å². The number of esters is 2. The van der Waals surface area contributed by atoms with E-state index in [-0.39, 0.29) is 32.7 Å². The normalized spacial score (nSPS) is 45.0. The van der Waals surface area contributed by atoms with Gasteiger partial charge in [-0.1, -0.05) is 15.5 Å². The second kappa shape index (κ2) is 8.40. The Morgan fingerprint density at radius 3 is 2.74 bits per heavy atom. The van der Waals surface area contributed by atoms with Crippen molar-refractivity contribution < 1.29 is 43.2 Å². The molecule has 1 aliphatic carbocycles. The average molecular weight is 494 g/mol. The van der Waals surface area contributed by atoms with Crippen LogP contribution >= 0.6 is 8.58 Å². The number of rotatable bonds is 5. The van der Waals surface area contributed by atoms with E-state index in [1.165, 1.54) is 19.6 Å². The van der Waals surface area contributed by atoms with E-state index in [1.807, 2.05) is 6.92 Å². The van der Waals surface area contributed by atoms with E-state index in [1.54, 1.807) is 13.0 Å². The summed E-state index contributed by atoms with van der Waals surface area (Å²) in [5.41, 5.74) is -0.715. The molecule has 3 aliphatic heterocycles. The first-order chi connectivity index (χ1) is 16.2. The maximum atomic E-state index is 13.6. The largest absolute Gasteiger partial charge is 0.472 e. The first-order valence-electron chi connectivity index (χ1n) is 11.8. The van der Waals surface area contributed by atoms with Gasteiger partial charge < -0.3 is 28.8 Å². The molecule has 2 N–H and O–H groups in total. The van der Waals surface area contributed by atoms with Crippen molar-refractivity contribution in [1.82, 2.24) is 0 Å². The third-order valence-electron chi connectivity index (χ3n) is 8.86. The van der Waals surface area contributed by atoms with E-state index >= 15 is 0 Å². The standard InChI is InChI=1S/C24H31O9P/c1-11-17(15(25)8-16(26)33-11)19(28)20-23(2)13(10-32-20)4-5-14(18(27)12-6-7-31-9-12)24(23)21(34-24)22(29)30-3/h6-7,9,11,13-15,17,19-21,25,28,34H,4-5,8,10H2,1-3H3/t11?,13?,14-,15?,17?,19+,20+,21+,23?,24-/m0/s1. The number of hydrogen-bond donors (Lipinski definition) is 2.